The third-order valence-corrected chi connectivity index (χ3v) is 5.38. The normalized spacial score (nSPS) is 14.3. The highest BCUT2D eigenvalue weighted by molar-refractivity contribution is 7.98. The topological polar surface area (TPSA) is 71.6 Å². The molecule has 0 saturated carbocycles. The van der Waals surface area contributed by atoms with Crippen LogP contribution in [-0.4, -0.2) is 63.6 Å². The summed E-state index contributed by atoms with van der Waals surface area (Å²) in [5.74, 6) is 0.101. The molecular weight excluding hydrogens is 376 g/mol. The average molecular weight is 396 g/mol. The minimum absolute atomic E-state index is 0.0817. The van der Waals surface area contributed by atoms with Gasteiger partial charge in [0.25, 0.3) is 11.8 Å². The maximum Gasteiger partial charge on any atom is 0.289 e. The molecule has 1 saturated heterocycles. The first-order valence-electron chi connectivity index (χ1n) is 8.98. The van der Waals surface area contributed by atoms with Crippen molar-refractivity contribution in [3.05, 3.63) is 66.4 Å². The maximum atomic E-state index is 13.2. The van der Waals surface area contributed by atoms with E-state index in [1.807, 2.05) is 41.2 Å². The van der Waals surface area contributed by atoms with E-state index < -0.39 is 0 Å². The highest BCUT2D eigenvalue weighted by Gasteiger charge is 2.29. The maximum absolute atomic E-state index is 13.2. The molecule has 1 aliphatic heterocycles. The van der Waals surface area contributed by atoms with Gasteiger partial charge in [0, 0.05) is 31.9 Å². The number of nitrogens with zero attached hydrogens (tertiary/aromatic N) is 4. The number of hydrogen-bond donors (Lipinski definition) is 0. The van der Waals surface area contributed by atoms with E-state index in [4.69, 9.17) is 4.42 Å². The number of benzene rings is 1. The summed E-state index contributed by atoms with van der Waals surface area (Å²) in [6.45, 7) is 1.89. The molecule has 1 aromatic carbocycles. The van der Waals surface area contributed by atoms with Gasteiger partial charge >= 0.3 is 0 Å². The Hall–Kier alpha value is -3.00. The van der Waals surface area contributed by atoms with Crippen molar-refractivity contribution in [1.29, 1.82) is 0 Å². The van der Waals surface area contributed by atoms with Crippen LogP contribution in [-0.2, 0) is 0 Å². The zero-order valence-electron chi connectivity index (χ0n) is 15.4. The van der Waals surface area contributed by atoms with Crippen molar-refractivity contribution < 1.29 is 14.0 Å². The summed E-state index contributed by atoms with van der Waals surface area (Å²) in [5.41, 5.74) is 1.43. The van der Waals surface area contributed by atoms with Crippen molar-refractivity contribution in [2.24, 2.45) is 0 Å². The van der Waals surface area contributed by atoms with Crippen LogP contribution in [0.25, 0.3) is 5.69 Å². The number of rotatable bonds is 4. The summed E-state index contributed by atoms with van der Waals surface area (Å²) in [6, 6.07) is 13.1. The molecule has 8 heteroatoms. The van der Waals surface area contributed by atoms with E-state index in [0.717, 1.165) is 10.8 Å². The van der Waals surface area contributed by atoms with Gasteiger partial charge in [0.05, 0.1) is 12.5 Å². The van der Waals surface area contributed by atoms with Crippen molar-refractivity contribution in [2.75, 3.05) is 32.4 Å². The molecule has 2 amide bonds. The molecule has 7 nitrogen and oxygen atoms in total. The van der Waals surface area contributed by atoms with Crippen LogP contribution in [0.2, 0.25) is 0 Å². The van der Waals surface area contributed by atoms with Gasteiger partial charge in [0.2, 0.25) is 0 Å². The minimum atomic E-state index is -0.143. The van der Waals surface area contributed by atoms with Crippen molar-refractivity contribution >= 4 is 23.6 Å². The van der Waals surface area contributed by atoms with Gasteiger partial charge in [0.1, 0.15) is 5.69 Å². The molecule has 0 N–H and O–H groups in total. The van der Waals surface area contributed by atoms with Crippen LogP contribution >= 0.6 is 11.8 Å². The highest BCUT2D eigenvalue weighted by Crippen LogP contribution is 2.23. The number of amides is 2. The Morgan fingerprint density at radius 3 is 2.25 bits per heavy atom. The fraction of sp³-hybridized carbons (Fsp3) is 0.250. The summed E-state index contributed by atoms with van der Waals surface area (Å²) in [4.78, 5) is 33.5. The van der Waals surface area contributed by atoms with Gasteiger partial charge in [-0.3, -0.25) is 14.2 Å². The predicted octanol–water partition coefficient (Wildman–Crippen LogP) is 2.79. The van der Waals surface area contributed by atoms with Gasteiger partial charge in [-0.25, -0.2) is 4.98 Å². The molecule has 1 fully saturated rings. The summed E-state index contributed by atoms with van der Waals surface area (Å²) < 4.78 is 7.07. The Balaban J connectivity index is 1.51. The second-order valence-electron chi connectivity index (χ2n) is 6.36. The molecule has 0 atom stereocenters. The lowest BCUT2D eigenvalue weighted by atomic mass is 10.2. The first-order chi connectivity index (χ1) is 13.7. The third kappa shape index (κ3) is 3.43. The predicted molar refractivity (Wildman–Crippen MR) is 106 cm³/mol. The smallest absolute Gasteiger partial charge is 0.289 e. The summed E-state index contributed by atoms with van der Waals surface area (Å²) in [6.07, 6.45) is 5.05. The van der Waals surface area contributed by atoms with Gasteiger partial charge < -0.3 is 14.2 Å². The second kappa shape index (κ2) is 7.93. The monoisotopic (exact) mass is 396 g/mol. The molecule has 0 bridgehead atoms. The molecule has 144 valence electrons. The Bertz CT molecular complexity index is 961. The van der Waals surface area contributed by atoms with E-state index >= 15 is 0 Å². The van der Waals surface area contributed by atoms with Crippen molar-refractivity contribution in [2.45, 2.75) is 5.16 Å². The lowest BCUT2D eigenvalue weighted by Crippen LogP contribution is -2.50. The van der Waals surface area contributed by atoms with E-state index in [1.54, 1.807) is 28.1 Å². The Morgan fingerprint density at radius 2 is 1.64 bits per heavy atom. The zero-order chi connectivity index (χ0) is 19.5. The van der Waals surface area contributed by atoms with Crippen LogP contribution in [0.5, 0.6) is 0 Å². The average Bonchev–Trinajstić information content (AvgIpc) is 3.43. The minimum Gasteiger partial charge on any atom is -0.459 e. The molecule has 3 heterocycles. The Labute approximate surface area is 166 Å². The van der Waals surface area contributed by atoms with Crippen LogP contribution in [0.1, 0.15) is 21.0 Å². The van der Waals surface area contributed by atoms with Crippen molar-refractivity contribution in [3.8, 4) is 5.69 Å². The number of furan rings is 1. The largest absolute Gasteiger partial charge is 0.459 e. The van der Waals surface area contributed by atoms with Crippen LogP contribution in [0.4, 0.5) is 0 Å². The first kappa shape index (κ1) is 18.4. The van der Waals surface area contributed by atoms with Crippen molar-refractivity contribution in [3.63, 3.8) is 0 Å². The number of hydrogen-bond acceptors (Lipinski definition) is 5. The van der Waals surface area contributed by atoms with E-state index in [0.29, 0.717) is 37.6 Å². The van der Waals surface area contributed by atoms with Crippen LogP contribution < -0.4 is 0 Å². The first-order valence-corrected chi connectivity index (χ1v) is 10.2. The van der Waals surface area contributed by atoms with Crippen LogP contribution in [0.15, 0.2) is 64.5 Å². The SMILES string of the molecule is CSc1ncc(C(=O)N2CCN(C(=O)c3ccco3)CC2)n1-c1ccccc1. The molecule has 0 unspecified atom stereocenters. The number of carbonyl (C=O) groups excluding carboxylic acids is 2. The molecule has 0 radical (unpaired) electrons. The molecule has 2 aromatic heterocycles. The quantitative estimate of drug-likeness (QED) is 0.634. The van der Waals surface area contributed by atoms with Crippen LogP contribution in [0.3, 0.4) is 0 Å². The van der Waals surface area contributed by atoms with Gasteiger partial charge in [-0.2, -0.15) is 0 Å². The zero-order valence-corrected chi connectivity index (χ0v) is 16.3. The second-order valence-corrected chi connectivity index (χ2v) is 7.14. The van der Waals surface area contributed by atoms with Gasteiger partial charge in [-0.1, -0.05) is 30.0 Å². The summed E-state index contributed by atoms with van der Waals surface area (Å²) in [5, 5.41) is 0.765. The fourth-order valence-corrected chi connectivity index (χ4v) is 3.83. The van der Waals surface area contributed by atoms with E-state index in [9.17, 15) is 9.59 Å². The molecule has 0 spiro atoms. The highest BCUT2D eigenvalue weighted by atomic mass is 32.2. The van der Waals surface area contributed by atoms with Crippen LogP contribution in [0, 0.1) is 0 Å². The summed E-state index contributed by atoms with van der Waals surface area (Å²) in [7, 11) is 0. The third-order valence-electron chi connectivity index (χ3n) is 4.73. The van der Waals surface area contributed by atoms with Gasteiger partial charge in [-0.05, 0) is 30.5 Å². The Morgan fingerprint density at radius 1 is 0.964 bits per heavy atom. The lowest BCUT2D eigenvalue weighted by molar-refractivity contribution is 0.0514. The van der Waals surface area contributed by atoms with E-state index in [2.05, 4.69) is 4.98 Å². The number of para-hydroxylation sites is 1. The standard InChI is InChI=1S/C20H20N4O3S/c1-28-20-21-14-16(24(20)15-6-3-2-4-7-15)18(25)22-9-11-23(12-10-22)19(26)17-8-5-13-27-17/h2-8,13-14H,9-12H2,1H3. The van der Waals surface area contributed by atoms with Gasteiger partial charge in [0.15, 0.2) is 10.9 Å². The molecule has 28 heavy (non-hydrogen) atoms. The molecule has 3 aromatic rings. The van der Waals surface area contributed by atoms with E-state index in [1.165, 1.54) is 18.0 Å². The number of carbonyl (C=O) groups is 2. The number of piperazine rings is 1. The van der Waals surface area contributed by atoms with Crippen molar-refractivity contribution in [1.82, 2.24) is 19.4 Å². The number of aromatic nitrogens is 2. The molecule has 4 rings (SSSR count). The fourth-order valence-electron chi connectivity index (χ4n) is 3.29. The lowest BCUT2D eigenvalue weighted by Gasteiger charge is -2.34. The number of thioether (sulfide) groups is 1. The molecule has 1 aliphatic rings. The number of imidazole rings is 1. The molecular formula is C20H20N4O3S. The van der Waals surface area contributed by atoms with E-state index in [-0.39, 0.29) is 11.8 Å². The molecule has 0 aliphatic carbocycles. The van der Waals surface area contributed by atoms with Gasteiger partial charge in [-0.15, -0.1) is 0 Å². The summed E-state index contributed by atoms with van der Waals surface area (Å²) >= 11 is 1.50. The Kier molecular flexibility index (Phi) is 5.21.